The number of rotatable bonds is 2. The third-order valence-corrected chi connectivity index (χ3v) is 1.36. The van der Waals surface area contributed by atoms with Crippen molar-refractivity contribution in [2.24, 2.45) is 0 Å². The van der Waals surface area contributed by atoms with E-state index in [9.17, 15) is 20.5 Å². The fourth-order valence-electron chi connectivity index (χ4n) is 0.804. The average Bonchev–Trinajstić information content (AvgIpc) is 2.04. The van der Waals surface area contributed by atoms with Gasteiger partial charge in [-0.25, -0.2) is 0 Å². The van der Waals surface area contributed by atoms with Crippen LogP contribution in [0.5, 0.6) is 0 Å². The summed E-state index contributed by atoms with van der Waals surface area (Å²) in [6, 6.07) is 5.08. The molecule has 0 N–H and O–H groups in total. The van der Waals surface area contributed by atoms with E-state index in [0.717, 1.165) is 6.21 Å². The van der Waals surface area contributed by atoms with Gasteiger partial charge in [-0.2, -0.15) is 4.90 Å². The van der Waals surface area contributed by atoms with Crippen molar-refractivity contribution in [3.05, 3.63) is 50.4 Å². The Hall–Kier alpha value is -1.11. The minimum atomic E-state index is -0.610. The molecule has 1 aromatic rings. The van der Waals surface area contributed by atoms with Crippen molar-refractivity contribution in [2.45, 2.75) is 0 Å². The minimum Gasteiger partial charge on any atom is -0.612 e. The SMILES string of the molecule is O=[N+]([O-])c1ccc(C=[N+]([O-])[O-])cc1.[Na+]. The molecule has 14 heavy (non-hydrogen) atoms. The Kier molecular flexibility index (Phi) is 5.14. The first-order valence-electron chi connectivity index (χ1n) is 3.32. The van der Waals surface area contributed by atoms with Gasteiger partial charge in [-0.1, -0.05) is 0 Å². The summed E-state index contributed by atoms with van der Waals surface area (Å²) < 4.78 is 0. The number of hydrogen-bond acceptors (Lipinski definition) is 4. The average molecular weight is 204 g/mol. The van der Waals surface area contributed by atoms with Crippen LogP contribution in [0.1, 0.15) is 5.56 Å². The second kappa shape index (κ2) is 5.58. The van der Waals surface area contributed by atoms with Gasteiger partial charge >= 0.3 is 29.6 Å². The van der Waals surface area contributed by atoms with Crippen molar-refractivity contribution in [1.82, 2.24) is 0 Å². The predicted molar refractivity (Wildman–Crippen MR) is 45.3 cm³/mol. The van der Waals surface area contributed by atoms with E-state index in [-0.39, 0.29) is 35.2 Å². The van der Waals surface area contributed by atoms with Gasteiger partial charge in [0.05, 0.1) is 4.92 Å². The van der Waals surface area contributed by atoms with Gasteiger partial charge in [-0.05, 0) is 12.1 Å². The Labute approximate surface area is 101 Å². The number of hydrogen-bond donors (Lipinski definition) is 0. The van der Waals surface area contributed by atoms with Crippen LogP contribution < -0.4 is 29.6 Å². The van der Waals surface area contributed by atoms with Gasteiger partial charge in [0.1, 0.15) is 0 Å². The summed E-state index contributed by atoms with van der Waals surface area (Å²) in [6.07, 6.45) is 0.781. The zero-order valence-corrected chi connectivity index (χ0v) is 9.41. The van der Waals surface area contributed by atoms with Crippen molar-refractivity contribution in [1.29, 1.82) is 0 Å². The van der Waals surface area contributed by atoms with Crippen LogP contribution in [0.3, 0.4) is 0 Å². The summed E-state index contributed by atoms with van der Waals surface area (Å²) in [7, 11) is 0. The topological polar surface area (TPSA) is 92.3 Å². The summed E-state index contributed by atoms with van der Waals surface area (Å²) in [5.41, 5.74) is 0.246. The third-order valence-electron chi connectivity index (χ3n) is 1.36. The van der Waals surface area contributed by atoms with Gasteiger partial charge in [0.15, 0.2) is 6.21 Å². The molecular weight excluding hydrogens is 199 g/mol. The largest absolute Gasteiger partial charge is 1.00 e. The number of nitro groups is 1. The van der Waals surface area contributed by atoms with Crippen LogP contribution >= 0.6 is 0 Å². The molecule has 0 heterocycles. The van der Waals surface area contributed by atoms with E-state index < -0.39 is 9.83 Å². The summed E-state index contributed by atoms with van der Waals surface area (Å²) >= 11 is 0. The Balaban J connectivity index is 0.00000169. The first kappa shape index (κ1) is 12.9. The quantitative estimate of drug-likeness (QED) is 0.183. The zero-order chi connectivity index (χ0) is 9.84. The minimum absolute atomic E-state index is 0. The Bertz CT molecular complexity index is 345. The van der Waals surface area contributed by atoms with Crippen LogP contribution in [0.25, 0.3) is 0 Å². The van der Waals surface area contributed by atoms with Gasteiger partial charge in [0.2, 0.25) is 0 Å². The van der Waals surface area contributed by atoms with Gasteiger partial charge < -0.3 is 10.4 Å². The molecule has 0 bridgehead atoms. The maximum atomic E-state index is 10.2. The number of nitro benzene ring substituents is 1. The molecular formula is C7H5N2NaO4. The second-order valence-corrected chi connectivity index (χ2v) is 2.26. The van der Waals surface area contributed by atoms with Crippen molar-refractivity contribution in [2.75, 3.05) is 0 Å². The van der Waals surface area contributed by atoms with Crippen molar-refractivity contribution >= 4 is 11.9 Å². The summed E-state index contributed by atoms with van der Waals surface area (Å²) in [5.74, 6) is 0. The van der Waals surface area contributed by atoms with E-state index in [2.05, 4.69) is 0 Å². The van der Waals surface area contributed by atoms with Crippen LogP contribution in [0.4, 0.5) is 5.69 Å². The Morgan fingerprint density at radius 2 is 1.57 bits per heavy atom. The molecule has 7 heteroatoms. The monoisotopic (exact) mass is 204 g/mol. The molecule has 0 atom stereocenters. The van der Waals surface area contributed by atoms with Crippen molar-refractivity contribution < 1.29 is 39.4 Å². The van der Waals surface area contributed by atoms with E-state index in [1.807, 2.05) is 0 Å². The zero-order valence-electron chi connectivity index (χ0n) is 7.41. The maximum absolute atomic E-state index is 10.2. The smallest absolute Gasteiger partial charge is 0.612 e. The molecule has 0 aliphatic carbocycles. The molecule has 0 amide bonds. The van der Waals surface area contributed by atoms with Crippen LogP contribution in [-0.2, 0) is 0 Å². The van der Waals surface area contributed by atoms with Crippen LogP contribution in [0.2, 0.25) is 0 Å². The first-order chi connectivity index (χ1) is 6.09. The molecule has 0 spiro atoms. The fraction of sp³-hybridized carbons (Fsp3) is 0. The van der Waals surface area contributed by atoms with Crippen LogP contribution in [0.15, 0.2) is 24.3 Å². The molecule has 1 rings (SSSR count). The van der Waals surface area contributed by atoms with E-state index in [1.165, 1.54) is 24.3 Å². The van der Waals surface area contributed by atoms with E-state index in [0.29, 0.717) is 5.56 Å². The summed E-state index contributed by atoms with van der Waals surface area (Å²) in [4.78, 5) is 9.03. The Morgan fingerprint density at radius 1 is 1.07 bits per heavy atom. The standard InChI is InChI=1S/C7H5N2O4.Na/c10-8(11)5-6-1-3-7(4-2-6)9(12)13;/h1-5H;/q-1;+1. The van der Waals surface area contributed by atoms with Gasteiger partial charge in [0.25, 0.3) is 5.69 Å². The molecule has 0 saturated carbocycles. The van der Waals surface area contributed by atoms with Gasteiger partial charge in [0, 0.05) is 17.7 Å². The van der Waals surface area contributed by atoms with Crippen LogP contribution in [0, 0.1) is 20.5 Å². The van der Waals surface area contributed by atoms with Gasteiger partial charge in [-0.15, -0.1) is 0 Å². The normalized spacial score (nSPS) is 8.57. The van der Waals surface area contributed by atoms with Crippen molar-refractivity contribution in [3.63, 3.8) is 0 Å². The molecule has 0 aromatic heterocycles. The van der Waals surface area contributed by atoms with E-state index in [1.54, 1.807) is 0 Å². The van der Waals surface area contributed by atoms with E-state index >= 15 is 0 Å². The maximum Gasteiger partial charge on any atom is 1.00 e. The molecule has 0 saturated heterocycles. The summed E-state index contributed by atoms with van der Waals surface area (Å²) in [5, 5.41) is 30.2. The van der Waals surface area contributed by atoms with Gasteiger partial charge in [-0.3, -0.25) is 10.1 Å². The molecule has 0 aliphatic rings. The summed E-state index contributed by atoms with van der Waals surface area (Å²) in [6.45, 7) is 0. The number of benzene rings is 1. The fourth-order valence-corrected chi connectivity index (χ4v) is 0.804. The predicted octanol–water partition coefficient (Wildman–Crippen LogP) is -1.97. The molecule has 68 valence electrons. The number of nitrogens with zero attached hydrogens (tertiary/aromatic N) is 2. The first-order valence-corrected chi connectivity index (χ1v) is 3.32. The molecule has 0 unspecified atom stereocenters. The van der Waals surface area contributed by atoms with E-state index in [4.69, 9.17) is 0 Å². The number of non-ortho nitro benzene ring substituents is 1. The Morgan fingerprint density at radius 3 is 1.93 bits per heavy atom. The second-order valence-electron chi connectivity index (χ2n) is 2.26. The van der Waals surface area contributed by atoms with Crippen molar-refractivity contribution in [3.8, 4) is 0 Å². The van der Waals surface area contributed by atoms with Crippen LogP contribution in [-0.4, -0.2) is 16.0 Å². The third kappa shape index (κ3) is 3.73. The molecule has 0 fully saturated rings. The molecule has 1 aromatic carbocycles. The molecule has 0 radical (unpaired) electrons. The molecule has 6 nitrogen and oxygen atoms in total. The molecule has 0 aliphatic heterocycles.